The van der Waals surface area contributed by atoms with Gasteiger partial charge in [0.2, 0.25) is 0 Å². The molecule has 0 N–H and O–H groups in total. The second-order valence-electron chi connectivity index (χ2n) is 6.73. The van der Waals surface area contributed by atoms with Crippen molar-refractivity contribution >= 4 is 43.4 Å². The van der Waals surface area contributed by atoms with Crippen molar-refractivity contribution in [2.45, 2.75) is 0 Å². The Kier molecular flexibility index (Phi) is 4.00. The number of rotatable bonds is 2. The van der Waals surface area contributed by atoms with Crippen molar-refractivity contribution in [2.24, 2.45) is 0 Å². The molecule has 0 aliphatic heterocycles. The Morgan fingerprint density at radius 2 is 1.29 bits per heavy atom. The van der Waals surface area contributed by atoms with Gasteiger partial charge in [0.1, 0.15) is 0 Å². The first kappa shape index (κ1) is 16.8. The average molecular weight is 423 g/mol. The van der Waals surface area contributed by atoms with E-state index in [4.69, 9.17) is 6.57 Å². The highest BCUT2D eigenvalue weighted by atomic mass is 79.9. The Morgan fingerprint density at radius 3 is 1.89 bits per heavy atom. The van der Waals surface area contributed by atoms with Gasteiger partial charge in [0.25, 0.3) is 0 Å². The van der Waals surface area contributed by atoms with Crippen LogP contribution in [0.25, 0.3) is 43.5 Å². The highest BCUT2D eigenvalue weighted by Crippen LogP contribution is 2.33. The van der Waals surface area contributed by atoms with Crippen LogP contribution in [0, 0.1) is 6.57 Å². The van der Waals surface area contributed by atoms with Gasteiger partial charge >= 0.3 is 0 Å². The number of halogens is 1. The van der Waals surface area contributed by atoms with E-state index in [2.05, 4.69) is 98.1 Å². The Morgan fingerprint density at radius 1 is 0.679 bits per heavy atom. The van der Waals surface area contributed by atoms with Crippen LogP contribution in [0.5, 0.6) is 0 Å². The molecule has 0 unspecified atom stereocenters. The van der Waals surface area contributed by atoms with Gasteiger partial charge < -0.3 is 4.57 Å². The van der Waals surface area contributed by atoms with E-state index in [1.165, 1.54) is 21.8 Å². The predicted octanol–water partition coefficient (Wildman–Crippen LogP) is 7.76. The maximum absolute atomic E-state index is 7.28. The average Bonchev–Trinajstić information content (AvgIpc) is 3.08. The molecule has 0 fully saturated rings. The molecular weight excluding hydrogens is 408 g/mol. The van der Waals surface area contributed by atoms with Crippen molar-refractivity contribution in [1.82, 2.24) is 4.57 Å². The summed E-state index contributed by atoms with van der Waals surface area (Å²) in [5, 5.41) is 2.52. The Hall–Kier alpha value is -3.35. The molecule has 0 radical (unpaired) electrons. The smallest absolute Gasteiger partial charge is 0.188 e. The normalized spacial score (nSPS) is 11.0. The third-order valence-corrected chi connectivity index (χ3v) is 5.51. The predicted molar refractivity (Wildman–Crippen MR) is 120 cm³/mol. The molecule has 0 amide bonds. The van der Waals surface area contributed by atoms with Gasteiger partial charge in [-0.3, -0.25) is 0 Å². The summed E-state index contributed by atoms with van der Waals surface area (Å²) >= 11 is 3.50. The van der Waals surface area contributed by atoms with Gasteiger partial charge in [-0.25, -0.2) is 4.85 Å². The van der Waals surface area contributed by atoms with E-state index in [1.807, 2.05) is 18.2 Å². The fourth-order valence-corrected chi connectivity index (χ4v) is 4.29. The summed E-state index contributed by atoms with van der Waals surface area (Å²) in [5.74, 6) is 0. The zero-order chi connectivity index (χ0) is 19.1. The Balaban J connectivity index is 1.68. The van der Waals surface area contributed by atoms with Crippen LogP contribution in [-0.2, 0) is 0 Å². The maximum Gasteiger partial charge on any atom is 0.188 e. The lowest BCUT2D eigenvalue weighted by Crippen LogP contribution is -1.93. The van der Waals surface area contributed by atoms with Crippen LogP contribution in [0.4, 0.5) is 5.69 Å². The molecule has 1 aromatic heterocycles. The standard InChI is InChI=1S/C25H15BrN2/c1-27-20-15-18(14-19(26)16-20)17-10-12-21(13-11-17)28-24-8-4-2-6-22(24)23-7-3-5-9-25(23)28/h2-16H. The van der Waals surface area contributed by atoms with E-state index in [0.29, 0.717) is 5.69 Å². The summed E-state index contributed by atoms with van der Waals surface area (Å²) in [7, 11) is 0. The number of aromatic nitrogens is 1. The highest BCUT2D eigenvalue weighted by molar-refractivity contribution is 9.10. The number of para-hydroxylation sites is 2. The first-order valence-corrected chi connectivity index (χ1v) is 9.81. The van der Waals surface area contributed by atoms with E-state index in [0.717, 1.165) is 21.3 Å². The van der Waals surface area contributed by atoms with Crippen LogP contribution in [-0.4, -0.2) is 4.57 Å². The molecule has 3 heteroatoms. The summed E-state index contributed by atoms with van der Waals surface area (Å²) in [6, 6.07) is 31.4. The van der Waals surface area contributed by atoms with Crippen LogP contribution in [0.1, 0.15) is 0 Å². The van der Waals surface area contributed by atoms with Gasteiger partial charge in [0.15, 0.2) is 5.69 Å². The highest BCUT2D eigenvalue weighted by Gasteiger charge is 2.11. The van der Waals surface area contributed by atoms with Crippen LogP contribution in [0.3, 0.4) is 0 Å². The van der Waals surface area contributed by atoms with E-state index in [-0.39, 0.29) is 0 Å². The van der Waals surface area contributed by atoms with Gasteiger partial charge in [0.05, 0.1) is 17.6 Å². The molecule has 0 aliphatic rings. The van der Waals surface area contributed by atoms with E-state index < -0.39 is 0 Å². The van der Waals surface area contributed by atoms with Gasteiger partial charge in [-0.15, -0.1) is 0 Å². The Bertz CT molecular complexity index is 1320. The van der Waals surface area contributed by atoms with Gasteiger partial charge in [-0.1, -0.05) is 64.5 Å². The molecule has 4 aromatic carbocycles. The van der Waals surface area contributed by atoms with Gasteiger partial charge in [-0.2, -0.15) is 0 Å². The number of hydrogen-bond acceptors (Lipinski definition) is 0. The number of nitrogens with zero attached hydrogens (tertiary/aromatic N) is 2. The van der Waals surface area contributed by atoms with Crippen molar-refractivity contribution < 1.29 is 0 Å². The second kappa shape index (κ2) is 6.67. The summed E-state index contributed by atoms with van der Waals surface area (Å²) < 4.78 is 3.22. The molecule has 5 aromatic rings. The zero-order valence-electron chi connectivity index (χ0n) is 14.9. The first-order valence-electron chi connectivity index (χ1n) is 9.02. The Labute approximate surface area is 171 Å². The summed E-state index contributed by atoms with van der Waals surface area (Å²) in [5.41, 5.74) is 6.30. The minimum atomic E-state index is 0.635. The molecule has 0 aliphatic carbocycles. The summed E-state index contributed by atoms with van der Waals surface area (Å²) in [6.07, 6.45) is 0. The second-order valence-corrected chi connectivity index (χ2v) is 7.64. The molecule has 1 heterocycles. The number of benzene rings is 4. The van der Waals surface area contributed by atoms with Crippen LogP contribution in [0.15, 0.2) is 95.5 Å². The lowest BCUT2D eigenvalue weighted by Gasteiger charge is -2.10. The SMILES string of the molecule is [C-]#[N+]c1cc(Br)cc(-c2ccc(-n3c4ccccc4c4ccccc43)cc2)c1. The van der Waals surface area contributed by atoms with E-state index in [9.17, 15) is 0 Å². The van der Waals surface area contributed by atoms with Crippen molar-refractivity contribution in [3.8, 4) is 16.8 Å². The molecule has 0 bridgehead atoms. The van der Waals surface area contributed by atoms with Crippen molar-refractivity contribution in [1.29, 1.82) is 0 Å². The molecule has 132 valence electrons. The van der Waals surface area contributed by atoms with Crippen molar-refractivity contribution in [3.05, 3.63) is 107 Å². The van der Waals surface area contributed by atoms with Crippen LogP contribution >= 0.6 is 15.9 Å². The number of hydrogen-bond donors (Lipinski definition) is 0. The molecule has 0 saturated carbocycles. The van der Waals surface area contributed by atoms with Gasteiger partial charge in [-0.05, 0) is 53.6 Å². The summed E-state index contributed by atoms with van der Waals surface area (Å²) in [4.78, 5) is 3.56. The quantitative estimate of drug-likeness (QED) is 0.257. The number of fused-ring (bicyclic) bond motifs is 3. The molecule has 0 spiro atoms. The maximum atomic E-state index is 7.28. The lowest BCUT2D eigenvalue weighted by atomic mass is 10.0. The molecule has 28 heavy (non-hydrogen) atoms. The van der Waals surface area contributed by atoms with Crippen LogP contribution < -0.4 is 0 Å². The van der Waals surface area contributed by atoms with Crippen LogP contribution in [0.2, 0.25) is 0 Å². The third-order valence-electron chi connectivity index (χ3n) is 5.05. The monoisotopic (exact) mass is 422 g/mol. The first-order chi connectivity index (χ1) is 13.7. The molecule has 0 saturated heterocycles. The minimum Gasteiger partial charge on any atom is -0.309 e. The molecule has 0 atom stereocenters. The summed E-state index contributed by atoms with van der Waals surface area (Å²) in [6.45, 7) is 7.28. The van der Waals surface area contributed by atoms with Crippen molar-refractivity contribution in [2.75, 3.05) is 0 Å². The minimum absolute atomic E-state index is 0.635. The largest absolute Gasteiger partial charge is 0.309 e. The van der Waals surface area contributed by atoms with E-state index in [1.54, 1.807) is 0 Å². The fraction of sp³-hybridized carbons (Fsp3) is 0. The molecular formula is C25H15BrN2. The fourth-order valence-electron chi connectivity index (χ4n) is 3.81. The van der Waals surface area contributed by atoms with Gasteiger partial charge in [0, 0.05) is 20.9 Å². The van der Waals surface area contributed by atoms with E-state index >= 15 is 0 Å². The zero-order valence-corrected chi connectivity index (χ0v) is 16.5. The van der Waals surface area contributed by atoms with Crippen molar-refractivity contribution in [3.63, 3.8) is 0 Å². The topological polar surface area (TPSA) is 9.29 Å². The molecule has 5 rings (SSSR count). The lowest BCUT2D eigenvalue weighted by molar-refractivity contribution is 1.18. The third kappa shape index (κ3) is 2.70. The molecule has 2 nitrogen and oxygen atoms in total.